The maximum absolute atomic E-state index is 12.3. The Morgan fingerprint density at radius 3 is 2.70 bits per heavy atom. The van der Waals surface area contributed by atoms with Crippen LogP contribution in [0.2, 0.25) is 0 Å². The Balaban J connectivity index is 0.00000264. The van der Waals surface area contributed by atoms with Gasteiger partial charge >= 0.3 is 5.97 Å². The van der Waals surface area contributed by atoms with Gasteiger partial charge in [0.15, 0.2) is 0 Å². The third-order valence-corrected chi connectivity index (χ3v) is 4.83. The minimum atomic E-state index is -0.727. The molecule has 1 saturated carbocycles. The van der Waals surface area contributed by atoms with Gasteiger partial charge in [-0.2, -0.15) is 0 Å². The second-order valence-corrected chi connectivity index (χ2v) is 6.57. The number of anilines is 1. The number of hydrogen-bond donors (Lipinski definition) is 2. The van der Waals surface area contributed by atoms with Crippen LogP contribution in [-0.4, -0.2) is 30.3 Å². The van der Waals surface area contributed by atoms with Crippen molar-refractivity contribution in [3.05, 3.63) is 29.8 Å². The number of carbonyl (C=O) groups is 2. The van der Waals surface area contributed by atoms with Gasteiger partial charge in [-0.1, -0.05) is 25.0 Å². The highest BCUT2D eigenvalue weighted by atomic mass is 35.5. The molecular formula is C16H23ClN2O3S. The molecule has 1 aromatic rings. The molecule has 0 aromatic heterocycles. The van der Waals surface area contributed by atoms with Crippen molar-refractivity contribution in [2.75, 3.05) is 18.2 Å². The summed E-state index contributed by atoms with van der Waals surface area (Å²) < 4.78 is 4.60. The van der Waals surface area contributed by atoms with Crippen molar-refractivity contribution in [1.82, 2.24) is 0 Å². The molecule has 1 fully saturated rings. The van der Waals surface area contributed by atoms with E-state index < -0.39 is 5.54 Å². The minimum Gasteiger partial charge on any atom is -0.468 e. The molecular weight excluding hydrogens is 336 g/mol. The van der Waals surface area contributed by atoms with Gasteiger partial charge in [-0.15, -0.1) is 24.2 Å². The normalized spacial score (nSPS) is 15.6. The lowest BCUT2D eigenvalue weighted by molar-refractivity contribution is -0.137. The summed E-state index contributed by atoms with van der Waals surface area (Å²) in [5, 5.41) is 2.91. The molecule has 0 spiro atoms. The molecule has 0 heterocycles. The molecule has 1 aromatic carbocycles. The first-order chi connectivity index (χ1) is 10.5. The summed E-state index contributed by atoms with van der Waals surface area (Å²) in [6.45, 7) is 0. The Morgan fingerprint density at radius 1 is 1.35 bits per heavy atom. The Bertz CT molecular complexity index is 548. The van der Waals surface area contributed by atoms with Crippen molar-refractivity contribution in [3.8, 4) is 0 Å². The summed E-state index contributed by atoms with van der Waals surface area (Å²) in [7, 11) is 1.38. The van der Waals surface area contributed by atoms with Crippen LogP contribution in [0.4, 0.5) is 5.69 Å². The number of nitrogens with two attached hydrogens (primary N) is 1. The van der Waals surface area contributed by atoms with E-state index in [-0.39, 0.29) is 24.3 Å². The maximum Gasteiger partial charge on any atom is 0.315 e. The highest BCUT2D eigenvalue weighted by Crippen LogP contribution is 2.28. The van der Waals surface area contributed by atoms with Gasteiger partial charge < -0.3 is 15.8 Å². The molecule has 0 bridgehead atoms. The van der Waals surface area contributed by atoms with Gasteiger partial charge in [0.1, 0.15) is 0 Å². The predicted octanol–water partition coefficient (Wildman–Crippen LogP) is 2.72. The predicted molar refractivity (Wildman–Crippen MR) is 95.9 cm³/mol. The van der Waals surface area contributed by atoms with Crippen LogP contribution in [0.3, 0.4) is 0 Å². The third kappa shape index (κ3) is 5.71. The second-order valence-electron chi connectivity index (χ2n) is 5.59. The van der Waals surface area contributed by atoms with Crippen molar-refractivity contribution >= 4 is 41.7 Å². The summed E-state index contributed by atoms with van der Waals surface area (Å²) in [5.74, 6) is 0.663. The number of nitrogens with one attached hydrogen (secondary N) is 1. The van der Waals surface area contributed by atoms with Crippen LogP contribution in [0, 0.1) is 0 Å². The van der Waals surface area contributed by atoms with Crippen LogP contribution in [0.25, 0.3) is 0 Å². The number of benzene rings is 1. The van der Waals surface area contributed by atoms with Crippen molar-refractivity contribution in [3.63, 3.8) is 0 Å². The van der Waals surface area contributed by atoms with Crippen LogP contribution in [0.15, 0.2) is 24.3 Å². The van der Waals surface area contributed by atoms with Gasteiger partial charge in [-0.05, 0) is 30.5 Å². The zero-order valence-electron chi connectivity index (χ0n) is 13.2. The monoisotopic (exact) mass is 358 g/mol. The highest BCUT2D eigenvalue weighted by Gasteiger charge is 2.36. The van der Waals surface area contributed by atoms with E-state index in [9.17, 15) is 9.59 Å². The Labute approximate surface area is 147 Å². The van der Waals surface area contributed by atoms with Crippen molar-refractivity contribution in [1.29, 1.82) is 0 Å². The number of rotatable bonds is 6. The average molecular weight is 359 g/mol. The Morgan fingerprint density at radius 2 is 2.04 bits per heavy atom. The van der Waals surface area contributed by atoms with Crippen LogP contribution in [0.5, 0.6) is 0 Å². The second kappa shape index (κ2) is 9.15. The standard InChI is InChI=1S/C16H22N2O3S.ClH/c1-21-14(19)11-22-10-12-5-4-6-13(9-12)18-15(20)16(17)7-2-3-8-16;/h4-6,9H,2-3,7-8,10-11,17H2,1H3,(H,18,20);1H. The highest BCUT2D eigenvalue weighted by molar-refractivity contribution is 7.99. The lowest BCUT2D eigenvalue weighted by Gasteiger charge is -2.22. The molecule has 128 valence electrons. The number of thioether (sulfide) groups is 1. The fraction of sp³-hybridized carbons (Fsp3) is 0.500. The molecule has 1 aliphatic carbocycles. The lowest BCUT2D eigenvalue weighted by atomic mass is 9.98. The number of amides is 1. The number of ether oxygens (including phenoxy) is 1. The van der Waals surface area contributed by atoms with Gasteiger partial charge in [0, 0.05) is 11.4 Å². The topological polar surface area (TPSA) is 81.4 Å². The zero-order valence-corrected chi connectivity index (χ0v) is 14.8. The summed E-state index contributed by atoms with van der Waals surface area (Å²) in [5.41, 5.74) is 7.22. The molecule has 0 aliphatic heterocycles. The van der Waals surface area contributed by atoms with Gasteiger partial charge in [0.25, 0.3) is 0 Å². The van der Waals surface area contributed by atoms with Gasteiger partial charge in [-0.3, -0.25) is 9.59 Å². The maximum atomic E-state index is 12.3. The Hall–Kier alpha value is -1.24. The molecule has 0 saturated heterocycles. The van der Waals surface area contributed by atoms with E-state index in [1.807, 2.05) is 24.3 Å². The average Bonchev–Trinajstić information content (AvgIpc) is 2.95. The van der Waals surface area contributed by atoms with E-state index in [0.29, 0.717) is 11.5 Å². The van der Waals surface area contributed by atoms with E-state index >= 15 is 0 Å². The summed E-state index contributed by atoms with van der Waals surface area (Å²) in [4.78, 5) is 23.4. The van der Waals surface area contributed by atoms with E-state index in [0.717, 1.165) is 36.9 Å². The molecule has 23 heavy (non-hydrogen) atoms. The van der Waals surface area contributed by atoms with E-state index in [4.69, 9.17) is 5.73 Å². The van der Waals surface area contributed by atoms with Crippen LogP contribution in [0.1, 0.15) is 31.2 Å². The number of carbonyl (C=O) groups excluding carboxylic acids is 2. The fourth-order valence-corrected chi connectivity index (χ4v) is 3.34. The molecule has 2 rings (SSSR count). The van der Waals surface area contributed by atoms with Crippen molar-refractivity contribution < 1.29 is 14.3 Å². The first kappa shape index (κ1) is 19.8. The number of halogens is 1. The molecule has 0 radical (unpaired) electrons. The number of hydrogen-bond acceptors (Lipinski definition) is 5. The lowest BCUT2D eigenvalue weighted by Crippen LogP contribution is -2.48. The molecule has 1 aliphatic rings. The molecule has 3 N–H and O–H groups in total. The first-order valence-corrected chi connectivity index (χ1v) is 8.53. The summed E-state index contributed by atoms with van der Waals surface area (Å²) >= 11 is 1.48. The number of esters is 1. The molecule has 0 unspecified atom stereocenters. The SMILES string of the molecule is COC(=O)CSCc1cccc(NC(=O)C2(N)CCCC2)c1.Cl. The quantitative estimate of drug-likeness (QED) is 0.764. The van der Waals surface area contributed by atoms with E-state index in [1.54, 1.807) is 0 Å². The van der Waals surface area contributed by atoms with E-state index in [1.165, 1.54) is 18.9 Å². The van der Waals surface area contributed by atoms with Crippen molar-refractivity contribution in [2.24, 2.45) is 5.73 Å². The summed E-state index contributed by atoms with van der Waals surface area (Å²) in [6.07, 6.45) is 3.50. The van der Waals surface area contributed by atoms with E-state index in [2.05, 4.69) is 10.1 Å². The van der Waals surface area contributed by atoms with Crippen LogP contribution in [-0.2, 0) is 20.1 Å². The zero-order chi connectivity index (χ0) is 16.0. The van der Waals surface area contributed by atoms with Crippen molar-refractivity contribution in [2.45, 2.75) is 37.0 Å². The minimum absolute atomic E-state index is 0. The fourth-order valence-electron chi connectivity index (χ4n) is 2.54. The molecule has 7 heteroatoms. The Kier molecular flexibility index (Phi) is 7.88. The van der Waals surface area contributed by atoms with Gasteiger partial charge in [-0.25, -0.2) is 0 Å². The largest absolute Gasteiger partial charge is 0.468 e. The van der Waals surface area contributed by atoms with Crippen LogP contribution >= 0.6 is 24.2 Å². The number of methoxy groups -OCH3 is 1. The van der Waals surface area contributed by atoms with Gasteiger partial charge in [0.2, 0.25) is 5.91 Å². The smallest absolute Gasteiger partial charge is 0.315 e. The van der Waals surface area contributed by atoms with Gasteiger partial charge in [0.05, 0.1) is 18.4 Å². The molecule has 0 atom stereocenters. The molecule has 1 amide bonds. The summed E-state index contributed by atoms with van der Waals surface area (Å²) in [6, 6.07) is 7.63. The van der Waals surface area contributed by atoms with Crippen LogP contribution < -0.4 is 11.1 Å². The first-order valence-electron chi connectivity index (χ1n) is 7.37. The molecule has 5 nitrogen and oxygen atoms in total. The third-order valence-electron chi connectivity index (χ3n) is 3.85.